The molecule has 2 heterocycles. The van der Waals surface area contributed by atoms with Gasteiger partial charge < -0.3 is 15.5 Å². The number of likely N-dealkylation sites (tertiary alicyclic amines) is 1. The highest BCUT2D eigenvalue weighted by molar-refractivity contribution is 5.94. The van der Waals surface area contributed by atoms with Gasteiger partial charge in [-0.1, -0.05) is 29.8 Å². The Hall–Kier alpha value is -3.74. The Morgan fingerprint density at radius 3 is 2.56 bits per heavy atom. The predicted molar refractivity (Wildman–Crippen MR) is 125 cm³/mol. The van der Waals surface area contributed by atoms with Gasteiger partial charge in [-0.15, -0.1) is 0 Å². The van der Waals surface area contributed by atoms with Crippen LogP contribution in [0.1, 0.15) is 35.2 Å². The fourth-order valence-corrected chi connectivity index (χ4v) is 3.65. The maximum Gasteiger partial charge on any atom is 0.251 e. The SMILES string of the molecule is Cc1ccc(-c2ccnc(Nc3ccc(C(=O)NCCCN4CCCC4=O)cc3)n2)cc1. The molecule has 1 aromatic heterocycles. The first-order valence-corrected chi connectivity index (χ1v) is 10.9. The Balaban J connectivity index is 1.29. The summed E-state index contributed by atoms with van der Waals surface area (Å²) in [6.45, 7) is 4.13. The average molecular weight is 430 g/mol. The van der Waals surface area contributed by atoms with E-state index in [1.54, 1.807) is 18.3 Å². The van der Waals surface area contributed by atoms with Gasteiger partial charge in [0, 0.05) is 49.1 Å². The number of hydrogen-bond donors (Lipinski definition) is 2. The largest absolute Gasteiger partial charge is 0.352 e. The van der Waals surface area contributed by atoms with Gasteiger partial charge in [-0.2, -0.15) is 0 Å². The Morgan fingerprint density at radius 2 is 1.84 bits per heavy atom. The molecule has 0 unspecified atom stereocenters. The summed E-state index contributed by atoms with van der Waals surface area (Å²) in [6.07, 6.45) is 4.06. The van der Waals surface area contributed by atoms with E-state index >= 15 is 0 Å². The molecular formula is C25H27N5O2. The predicted octanol–water partition coefficient (Wildman–Crippen LogP) is 3.94. The smallest absolute Gasteiger partial charge is 0.251 e. The number of aromatic nitrogens is 2. The lowest BCUT2D eigenvalue weighted by atomic mass is 10.1. The van der Waals surface area contributed by atoms with E-state index in [0.717, 1.165) is 36.3 Å². The molecule has 0 radical (unpaired) electrons. The second-order valence-electron chi connectivity index (χ2n) is 7.93. The van der Waals surface area contributed by atoms with Crippen molar-refractivity contribution in [2.75, 3.05) is 25.0 Å². The van der Waals surface area contributed by atoms with Crippen molar-refractivity contribution in [1.29, 1.82) is 0 Å². The third-order valence-corrected chi connectivity index (χ3v) is 5.47. The number of aryl methyl sites for hydroxylation is 1. The fraction of sp³-hybridized carbons (Fsp3) is 0.280. The zero-order chi connectivity index (χ0) is 22.3. The van der Waals surface area contributed by atoms with Crippen molar-refractivity contribution in [2.24, 2.45) is 0 Å². The Labute approximate surface area is 187 Å². The molecule has 0 atom stereocenters. The summed E-state index contributed by atoms with van der Waals surface area (Å²) in [5.41, 5.74) is 4.46. The number of hydrogen-bond acceptors (Lipinski definition) is 5. The highest BCUT2D eigenvalue weighted by atomic mass is 16.2. The molecule has 2 amide bonds. The highest BCUT2D eigenvalue weighted by Crippen LogP contribution is 2.20. The van der Waals surface area contributed by atoms with Crippen LogP contribution in [0.25, 0.3) is 11.3 Å². The minimum atomic E-state index is -0.123. The van der Waals surface area contributed by atoms with Crippen LogP contribution in [0.3, 0.4) is 0 Å². The lowest BCUT2D eigenvalue weighted by Gasteiger charge is -2.15. The van der Waals surface area contributed by atoms with E-state index in [1.807, 2.05) is 35.2 Å². The van der Waals surface area contributed by atoms with Crippen LogP contribution in [-0.2, 0) is 4.79 Å². The summed E-state index contributed by atoms with van der Waals surface area (Å²) in [6, 6.07) is 17.3. The molecule has 7 heteroatoms. The van der Waals surface area contributed by atoms with Gasteiger partial charge in [0.2, 0.25) is 11.9 Å². The van der Waals surface area contributed by atoms with Crippen molar-refractivity contribution < 1.29 is 9.59 Å². The molecule has 0 saturated carbocycles. The van der Waals surface area contributed by atoms with E-state index in [1.165, 1.54) is 5.56 Å². The first kappa shape index (κ1) is 21.5. The Kier molecular flexibility index (Phi) is 6.75. The maximum atomic E-state index is 12.4. The summed E-state index contributed by atoms with van der Waals surface area (Å²) in [7, 11) is 0. The van der Waals surface area contributed by atoms with Gasteiger partial charge in [0.05, 0.1) is 5.69 Å². The van der Waals surface area contributed by atoms with Crippen LogP contribution in [0, 0.1) is 6.92 Å². The molecule has 0 spiro atoms. The summed E-state index contributed by atoms with van der Waals surface area (Å²) in [5, 5.41) is 6.10. The molecule has 1 aliphatic heterocycles. The second-order valence-corrected chi connectivity index (χ2v) is 7.93. The van der Waals surface area contributed by atoms with E-state index < -0.39 is 0 Å². The molecule has 2 aromatic carbocycles. The fourth-order valence-electron chi connectivity index (χ4n) is 3.65. The number of carbonyl (C=O) groups excluding carboxylic acids is 2. The van der Waals surface area contributed by atoms with Gasteiger partial charge >= 0.3 is 0 Å². The summed E-state index contributed by atoms with van der Waals surface area (Å²) < 4.78 is 0. The number of anilines is 2. The second kappa shape index (κ2) is 10.0. The third kappa shape index (κ3) is 5.49. The van der Waals surface area contributed by atoms with E-state index in [9.17, 15) is 9.59 Å². The van der Waals surface area contributed by atoms with Gasteiger partial charge in [-0.05, 0) is 50.1 Å². The number of carbonyl (C=O) groups is 2. The zero-order valence-electron chi connectivity index (χ0n) is 18.2. The van der Waals surface area contributed by atoms with Crippen LogP contribution < -0.4 is 10.6 Å². The topological polar surface area (TPSA) is 87.2 Å². The average Bonchev–Trinajstić information content (AvgIpc) is 3.22. The molecule has 3 aromatic rings. The van der Waals surface area contributed by atoms with Crippen LogP contribution in [0.4, 0.5) is 11.6 Å². The van der Waals surface area contributed by atoms with Crippen LogP contribution in [-0.4, -0.2) is 46.3 Å². The summed E-state index contributed by atoms with van der Waals surface area (Å²) in [5.74, 6) is 0.589. The number of benzene rings is 2. The van der Waals surface area contributed by atoms with Crippen LogP contribution in [0.2, 0.25) is 0 Å². The van der Waals surface area contributed by atoms with Crippen LogP contribution in [0.5, 0.6) is 0 Å². The summed E-state index contributed by atoms with van der Waals surface area (Å²) in [4.78, 5) is 34.7. The van der Waals surface area contributed by atoms with Crippen LogP contribution in [0.15, 0.2) is 60.8 Å². The first-order chi connectivity index (χ1) is 15.6. The molecule has 0 aliphatic carbocycles. The van der Waals surface area contributed by atoms with Gasteiger partial charge in [0.1, 0.15) is 0 Å². The molecule has 1 fully saturated rings. The Bertz CT molecular complexity index is 1080. The lowest BCUT2D eigenvalue weighted by molar-refractivity contribution is -0.127. The quantitative estimate of drug-likeness (QED) is 0.530. The monoisotopic (exact) mass is 429 g/mol. The molecule has 32 heavy (non-hydrogen) atoms. The minimum absolute atomic E-state index is 0.123. The van der Waals surface area contributed by atoms with Crippen molar-refractivity contribution >= 4 is 23.5 Å². The van der Waals surface area contributed by atoms with Crippen molar-refractivity contribution in [1.82, 2.24) is 20.2 Å². The van der Waals surface area contributed by atoms with E-state index in [0.29, 0.717) is 31.0 Å². The number of rotatable bonds is 8. The van der Waals surface area contributed by atoms with Crippen molar-refractivity contribution in [3.05, 3.63) is 71.9 Å². The molecule has 0 bridgehead atoms. The number of nitrogens with zero attached hydrogens (tertiary/aromatic N) is 3. The number of nitrogens with one attached hydrogen (secondary N) is 2. The van der Waals surface area contributed by atoms with Crippen molar-refractivity contribution in [2.45, 2.75) is 26.2 Å². The van der Waals surface area contributed by atoms with Crippen LogP contribution >= 0.6 is 0 Å². The Morgan fingerprint density at radius 1 is 1.06 bits per heavy atom. The lowest BCUT2D eigenvalue weighted by Crippen LogP contribution is -2.30. The zero-order valence-corrected chi connectivity index (χ0v) is 18.2. The molecule has 4 rings (SSSR count). The van der Waals surface area contributed by atoms with Gasteiger partial charge in [0.15, 0.2) is 0 Å². The number of amides is 2. The highest BCUT2D eigenvalue weighted by Gasteiger charge is 2.19. The van der Waals surface area contributed by atoms with E-state index in [-0.39, 0.29) is 11.8 Å². The standard InChI is InChI=1S/C25H27N5O2/c1-18-5-7-19(8-6-18)22-13-15-27-25(29-22)28-21-11-9-20(10-12-21)24(32)26-14-3-17-30-16-2-4-23(30)31/h5-13,15H,2-4,14,16-17H2,1H3,(H,26,32)(H,27,28,29). The summed E-state index contributed by atoms with van der Waals surface area (Å²) >= 11 is 0. The first-order valence-electron chi connectivity index (χ1n) is 10.9. The molecule has 164 valence electrons. The molecule has 7 nitrogen and oxygen atoms in total. The molecule has 2 N–H and O–H groups in total. The third-order valence-electron chi connectivity index (χ3n) is 5.47. The van der Waals surface area contributed by atoms with Crippen molar-refractivity contribution in [3.63, 3.8) is 0 Å². The van der Waals surface area contributed by atoms with E-state index in [2.05, 4.69) is 39.7 Å². The normalized spacial score (nSPS) is 13.3. The van der Waals surface area contributed by atoms with Crippen molar-refractivity contribution in [3.8, 4) is 11.3 Å². The minimum Gasteiger partial charge on any atom is -0.352 e. The van der Waals surface area contributed by atoms with E-state index in [4.69, 9.17) is 0 Å². The molecule has 1 aliphatic rings. The van der Waals surface area contributed by atoms with Gasteiger partial charge in [-0.25, -0.2) is 9.97 Å². The van der Waals surface area contributed by atoms with Gasteiger partial charge in [-0.3, -0.25) is 9.59 Å². The molecular weight excluding hydrogens is 402 g/mol. The van der Waals surface area contributed by atoms with Gasteiger partial charge in [0.25, 0.3) is 5.91 Å². The maximum absolute atomic E-state index is 12.4. The molecule has 1 saturated heterocycles.